The van der Waals surface area contributed by atoms with E-state index in [1.807, 2.05) is 29.3 Å². The van der Waals surface area contributed by atoms with E-state index < -0.39 is 0 Å². The summed E-state index contributed by atoms with van der Waals surface area (Å²) in [5, 5.41) is 0. The SMILES string of the molecule is NCCCCCC(=O)N1CCN(c2ccccn2)CC1. The van der Waals surface area contributed by atoms with E-state index in [-0.39, 0.29) is 5.91 Å². The minimum atomic E-state index is 0.280. The summed E-state index contributed by atoms with van der Waals surface area (Å²) in [6, 6.07) is 5.94. The Kier molecular flexibility index (Phi) is 5.80. The van der Waals surface area contributed by atoms with Crippen LogP contribution in [0.1, 0.15) is 25.7 Å². The van der Waals surface area contributed by atoms with Crippen molar-refractivity contribution in [1.29, 1.82) is 0 Å². The summed E-state index contributed by atoms with van der Waals surface area (Å²) < 4.78 is 0. The molecule has 2 N–H and O–H groups in total. The molecule has 0 saturated carbocycles. The summed E-state index contributed by atoms with van der Waals surface area (Å²) in [5.41, 5.74) is 5.45. The van der Waals surface area contributed by atoms with Gasteiger partial charge in [0.1, 0.15) is 5.82 Å². The molecule has 1 fully saturated rings. The number of aromatic nitrogens is 1. The molecule has 20 heavy (non-hydrogen) atoms. The predicted octanol–water partition coefficient (Wildman–Crippen LogP) is 1.25. The number of nitrogens with zero attached hydrogens (tertiary/aromatic N) is 3. The highest BCUT2D eigenvalue weighted by Gasteiger charge is 2.21. The molecule has 5 heteroatoms. The van der Waals surface area contributed by atoms with E-state index in [2.05, 4.69) is 9.88 Å². The van der Waals surface area contributed by atoms with Gasteiger partial charge in [-0.05, 0) is 31.5 Å². The molecule has 0 radical (unpaired) electrons. The van der Waals surface area contributed by atoms with Gasteiger partial charge < -0.3 is 15.5 Å². The van der Waals surface area contributed by atoms with Crippen LogP contribution in [0.2, 0.25) is 0 Å². The van der Waals surface area contributed by atoms with Gasteiger partial charge >= 0.3 is 0 Å². The molecule has 1 amide bonds. The fourth-order valence-electron chi connectivity index (χ4n) is 2.48. The third-order valence-corrected chi connectivity index (χ3v) is 3.70. The molecule has 110 valence electrons. The molecule has 0 spiro atoms. The second kappa shape index (κ2) is 7.85. The first-order valence-electron chi connectivity index (χ1n) is 7.45. The molecule has 1 aromatic heterocycles. The molecule has 1 aromatic rings. The Labute approximate surface area is 120 Å². The lowest BCUT2D eigenvalue weighted by molar-refractivity contribution is -0.131. The van der Waals surface area contributed by atoms with Crippen molar-refractivity contribution in [2.75, 3.05) is 37.6 Å². The standard InChI is InChI=1S/C15H24N4O/c16-8-4-1-2-7-15(20)19-12-10-18(11-13-19)14-6-3-5-9-17-14/h3,5-6,9H,1-2,4,7-8,10-13,16H2. The van der Waals surface area contributed by atoms with E-state index in [1.54, 1.807) is 0 Å². The summed E-state index contributed by atoms with van der Waals surface area (Å²) >= 11 is 0. The van der Waals surface area contributed by atoms with Crippen LogP contribution in [0.15, 0.2) is 24.4 Å². The largest absolute Gasteiger partial charge is 0.353 e. The number of rotatable bonds is 6. The topological polar surface area (TPSA) is 62.5 Å². The van der Waals surface area contributed by atoms with Crippen LogP contribution < -0.4 is 10.6 Å². The molecule has 0 atom stereocenters. The molecule has 2 heterocycles. The fraction of sp³-hybridized carbons (Fsp3) is 0.600. The van der Waals surface area contributed by atoms with Crippen LogP contribution in [0.4, 0.5) is 5.82 Å². The lowest BCUT2D eigenvalue weighted by Gasteiger charge is -2.35. The van der Waals surface area contributed by atoms with E-state index in [4.69, 9.17) is 5.73 Å². The summed E-state index contributed by atoms with van der Waals surface area (Å²) in [7, 11) is 0. The van der Waals surface area contributed by atoms with Crippen molar-refractivity contribution in [3.63, 3.8) is 0 Å². The summed E-state index contributed by atoms with van der Waals surface area (Å²) in [6.45, 7) is 4.05. The van der Waals surface area contributed by atoms with Gasteiger partial charge in [0.25, 0.3) is 0 Å². The average molecular weight is 276 g/mol. The molecule has 1 aliphatic heterocycles. The zero-order chi connectivity index (χ0) is 14.2. The first kappa shape index (κ1) is 14.8. The van der Waals surface area contributed by atoms with Gasteiger partial charge in [-0.15, -0.1) is 0 Å². The Morgan fingerprint density at radius 2 is 1.95 bits per heavy atom. The Bertz CT molecular complexity index is 402. The molecule has 1 aliphatic rings. The van der Waals surface area contributed by atoms with Crippen LogP contribution in [0.25, 0.3) is 0 Å². The van der Waals surface area contributed by atoms with Crippen LogP contribution in [0.5, 0.6) is 0 Å². The number of carbonyl (C=O) groups is 1. The van der Waals surface area contributed by atoms with Crippen LogP contribution in [-0.2, 0) is 4.79 Å². The number of hydrogen-bond donors (Lipinski definition) is 1. The summed E-state index contributed by atoms with van der Waals surface area (Å²) in [5.74, 6) is 1.28. The number of hydrogen-bond acceptors (Lipinski definition) is 4. The summed E-state index contributed by atoms with van der Waals surface area (Å²) in [6.07, 6.45) is 5.49. The van der Waals surface area contributed by atoms with Gasteiger partial charge in [-0.1, -0.05) is 12.5 Å². The van der Waals surface area contributed by atoms with Crippen LogP contribution in [0.3, 0.4) is 0 Å². The maximum Gasteiger partial charge on any atom is 0.222 e. The molecule has 0 unspecified atom stereocenters. The molecule has 1 saturated heterocycles. The highest BCUT2D eigenvalue weighted by Crippen LogP contribution is 2.13. The number of pyridine rings is 1. The van der Waals surface area contributed by atoms with Gasteiger partial charge in [-0.3, -0.25) is 4.79 Å². The average Bonchev–Trinajstić information content (AvgIpc) is 2.52. The molecule has 5 nitrogen and oxygen atoms in total. The van der Waals surface area contributed by atoms with Gasteiger partial charge in [-0.25, -0.2) is 4.98 Å². The quantitative estimate of drug-likeness (QED) is 0.794. The molecule has 2 rings (SSSR count). The maximum absolute atomic E-state index is 12.1. The lowest BCUT2D eigenvalue weighted by atomic mass is 10.1. The van der Waals surface area contributed by atoms with Crippen molar-refractivity contribution in [2.45, 2.75) is 25.7 Å². The molecular formula is C15H24N4O. The maximum atomic E-state index is 12.1. The first-order chi connectivity index (χ1) is 9.81. The Morgan fingerprint density at radius 3 is 2.60 bits per heavy atom. The molecule has 0 aromatic carbocycles. The van der Waals surface area contributed by atoms with Crippen molar-refractivity contribution >= 4 is 11.7 Å². The highest BCUT2D eigenvalue weighted by atomic mass is 16.2. The molecular weight excluding hydrogens is 252 g/mol. The zero-order valence-electron chi connectivity index (χ0n) is 12.0. The number of nitrogens with two attached hydrogens (primary N) is 1. The van der Waals surface area contributed by atoms with Crippen LogP contribution >= 0.6 is 0 Å². The van der Waals surface area contributed by atoms with Gasteiger partial charge in [0.05, 0.1) is 0 Å². The van der Waals surface area contributed by atoms with Crippen LogP contribution in [-0.4, -0.2) is 48.5 Å². The van der Waals surface area contributed by atoms with E-state index in [1.165, 1.54) is 0 Å². The van der Waals surface area contributed by atoms with Gasteiger partial charge in [-0.2, -0.15) is 0 Å². The third kappa shape index (κ3) is 4.20. The van der Waals surface area contributed by atoms with E-state index in [9.17, 15) is 4.79 Å². The smallest absolute Gasteiger partial charge is 0.222 e. The monoisotopic (exact) mass is 276 g/mol. The Hall–Kier alpha value is -1.62. The molecule has 0 bridgehead atoms. The predicted molar refractivity (Wildman–Crippen MR) is 80.6 cm³/mol. The van der Waals surface area contributed by atoms with Crippen molar-refractivity contribution in [1.82, 2.24) is 9.88 Å². The number of piperazine rings is 1. The van der Waals surface area contributed by atoms with Crippen molar-refractivity contribution < 1.29 is 4.79 Å². The van der Waals surface area contributed by atoms with Gasteiger partial charge in [0.2, 0.25) is 5.91 Å². The minimum Gasteiger partial charge on any atom is -0.353 e. The normalized spacial score (nSPS) is 15.4. The minimum absolute atomic E-state index is 0.280. The fourth-order valence-corrected chi connectivity index (χ4v) is 2.48. The lowest BCUT2D eigenvalue weighted by Crippen LogP contribution is -2.49. The van der Waals surface area contributed by atoms with Crippen LogP contribution in [0, 0.1) is 0 Å². The number of anilines is 1. The van der Waals surface area contributed by atoms with E-state index in [0.717, 1.165) is 57.8 Å². The first-order valence-corrected chi connectivity index (χ1v) is 7.45. The second-order valence-electron chi connectivity index (χ2n) is 5.16. The highest BCUT2D eigenvalue weighted by molar-refractivity contribution is 5.76. The van der Waals surface area contributed by atoms with Crippen molar-refractivity contribution in [2.24, 2.45) is 5.73 Å². The van der Waals surface area contributed by atoms with E-state index >= 15 is 0 Å². The summed E-state index contributed by atoms with van der Waals surface area (Å²) in [4.78, 5) is 20.6. The molecule has 0 aliphatic carbocycles. The second-order valence-corrected chi connectivity index (χ2v) is 5.16. The Balaban J connectivity index is 1.72. The number of amides is 1. The zero-order valence-corrected chi connectivity index (χ0v) is 12.0. The van der Waals surface area contributed by atoms with E-state index in [0.29, 0.717) is 6.42 Å². The third-order valence-electron chi connectivity index (χ3n) is 3.70. The van der Waals surface area contributed by atoms with Crippen molar-refractivity contribution in [3.05, 3.63) is 24.4 Å². The number of carbonyl (C=O) groups excluding carboxylic acids is 1. The van der Waals surface area contributed by atoms with Crippen molar-refractivity contribution in [3.8, 4) is 0 Å². The van der Waals surface area contributed by atoms with Gasteiger partial charge in [0, 0.05) is 38.8 Å². The van der Waals surface area contributed by atoms with Gasteiger partial charge in [0.15, 0.2) is 0 Å². The Morgan fingerprint density at radius 1 is 1.15 bits per heavy atom. The number of unbranched alkanes of at least 4 members (excludes halogenated alkanes) is 2.